The summed E-state index contributed by atoms with van der Waals surface area (Å²) < 4.78 is 29.7. The van der Waals surface area contributed by atoms with Gasteiger partial charge in [-0.05, 0) is 36.9 Å². The van der Waals surface area contributed by atoms with Crippen LogP contribution in [-0.2, 0) is 16.5 Å². The summed E-state index contributed by atoms with van der Waals surface area (Å²) in [5, 5.41) is 3.33. The standard InChI is InChI=1S/C12H17NO3S/c14-17(15,16)9-3-8-13-12-7-6-10-4-1-2-5-11(10)12/h1-2,4-5,12-13H,3,6-9H2,(H,14,15,16). The zero-order chi connectivity index (χ0) is 12.3. The topological polar surface area (TPSA) is 66.4 Å². The first-order valence-corrected chi connectivity index (χ1v) is 7.43. The first-order valence-electron chi connectivity index (χ1n) is 5.82. The molecule has 1 aliphatic rings. The van der Waals surface area contributed by atoms with Gasteiger partial charge in [0.1, 0.15) is 0 Å². The molecule has 0 amide bonds. The van der Waals surface area contributed by atoms with E-state index in [9.17, 15) is 8.42 Å². The zero-order valence-electron chi connectivity index (χ0n) is 9.59. The third-order valence-electron chi connectivity index (χ3n) is 3.10. The van der Waals surface area contributed by atoms with Crippen molar-refractivity contribution in [3.63, 3.8) is 0 Å². The number of benzene rings is 1. The van der Waals surface area contributed by atoms with Crippen LogP contribution in [0.25, 0.3) is 0 Å². The molecule has 2 N–H and O–H groups in total. The van der Waals surface area contributed by atoms with E-state index in [0.29, 0.717) is 19.0 Å². The summed E-state index contributed by atoms with van der Waals surface area (Å²) in [4.78, 5) is 0. The van der Waals surface area contributed by atoms with Crippen molar-refractivity contribution in [3.05, 3.63) is 35.4 Å². The Labute approximate surface area is 102 Å². The molecule has 1 unspecified atom stereocenters. The number of fused-ring (bicyclic) bond motifs is 1. The van der Waals surface area contributed by atoms with Crippen LogP contribution < -0.4 is 5.32 Å². The van der Waals surface area contributed by atoms with Gasteiger partial charge in [-0.15, -0.1) is 0 Å². The summed E-state index contributed by atoms with van der Waals surface area (Å²) in [6.45, 7) is 0.610. The van der Waals surface area contributed by atoms with Crippen molar-refractivity contribution in [3.8, 4) is 0 Å². The van der Waals surface area contributed by atoms with Crippen LogP contribution in [0, 0.1) is 0 Å². The molecular weight excluding hydrogens is 238 g/mol. The molecule has 2 rings (SSSR count). The second-order valence-corrected chi connectivity index (χ2v) is 5.96. The molecule has 0 fully saturated rings. The van der Waals surface area contributed by atoms with Crippen LogP contribution in [-0.4, -0.2) is 25.3 Å². The molecule has 1 aromatic rings. The fourth-order valence-electron chi connectivity index (χ4n) is 2.30. The van der Waals surface area contributed by atoms with Crippen LogP contribution in [0.4, 0.5) is 0 Å². The van der Waals surface area contributed by atoms with Crippen molar-refractivity contribution >= 4 is 10.1 Å². The van der Waals surface area contributed by atoms with Crippen molar-refractivity contribution in [2.45, 2.75) is 25.3 Å². The van der Waals surface area contributed by atoms with E-state index in [2.05, 4.69) is 17.4 Å². The average molecular weight is 255 g/mol. The fourth-order valence-corrected chi connectivity index (χ4v) is 2.81. The smallest absolute Gasteiger partial charge is 0.264 e. The maximum Gasteiger partial charge on any atom is 0.264 e. The maximum absolute atomic E-state index is 10.6. The fraction of sp³-hybridized carbons (Fsp3) is 0.500. The lowest BCUT2D eigenvalue weighted by molar-refractivity contribution is 0.475. The lowest BCUT2D eigenvalue weighted by atomic mass is 10.1. The van der Waals surface area contributed by atoms with Gasteiger partial charge in [0.05, 0.1) is 5.75 Å². The van der Waals surface area contributed by atoms with Crippen molar-refractivity contribution in [1.82, 2.24) is 5.32 Å². The van der Waals surface area contributed by atoms with Crippen molar-refractivity contribution in [2.24, 2.45) is 0 Å². The second kappa shape index (κ2) is 5.16. The molecule has 0 spiro atoms. The lowest BCUT2D eigenvalue weighted by Crippen LogP contribution is -2.22. The van der Waals surface area contributed by atoms with Gasteiger partial charge in [0.15, 0.2) is 0 Å². The molecule has 0 aromatic heterocycles. The summed E-state index contributed by atoms with van der Waals surface area (Å²) in [6.07, 6.45) is 2.58. The van der Waals surface area contributed by atoms with Crippen molar-refractivity contribution in [2.75, 3.05) is 12.3 Å². The molecule has 17 heavy (non-hydrogen) atoms. The third kappa shape index (κ3) is 3.52. The summed E-state index contributed by atoms with van der Waals surface area (Å²) in [7, 11) is -3.82. The Morgan fingerprint density at radius 1 is 1.35 bits per heavy atom. The van der Waals surface area contributed by atoms with Crippen LogP contribution in [0.15, 0.2) is 24.3 Å². The van der Waals surface area contributed by atoms with E-state index < -0.39 is 10.1 Å². The molecule has 1 aromatic carbocycles. The number of nitrogens with one attached hydrogen (secondary N) is 1. The molecule has 0 aliphatic heterocycles. The minimum atomic E-state index is -3.82. The van der Waals surface area contributed by atoms with E-state index in [1.165, 1.54) is 11.1 Å². The van der Waals surface area contributed by atoms with E-state index in [1.54, 1.807) is 0 Å². The lowest BCUT2D eigenvalue weighted by Gasteiger charge is -2.13. The highest BCUT2D eigenvalue weighted by atomic mass is 32.2. The van der Waals surface area contributed by atoms with Gasteiger partial charge in [-0.2, -0.15) is 8.42 Å². The summed E-state index contributed by atoms with van der Waals surface area (Å²) in [5.41, 5.74) is 2.69. The molecule has 1 aliphatic carbocycles. The van der Waals surface area contributed by atoms with Gasteiger partial charge < -0.3 is 5.32 Å². The Bertz CT molecular complexity index is 484. The largest absolute Gasteiger partial charge is 0.310 e. The van der Waals surface area contributed by atoms with Gasteiger partial charge in [-0.3, -0.25) is 4.55 Å². The summed E-state index contributed by atoms with van der Waals surface area (Å²) in [6, 6.07) is 8.64. The van der Waals surface area contributed by atoms with E-state index >= 15 is 0 Å². The Kier molecular flexibility index (Phi) is 3.81. The molecule has 0 radical (unpaired) electrons. The molecule has 0 bridgehead atoms. The highest BCUT2D eigenvalue weighted by Gasteiger charge is 2.20. The summed E-state index contributed by atoms with van der Waals surface area (Å²) >= 11 is 0. The SMILES string of the molecule is O=S(=O)(O)CCCNC1CCc2ccccc21. The predicted octanol–water partition coefficient (Wildman–Crippen LogP) is 1.54. The molecular formula is C12H17NO3S. The Hall–Kier alpha value is -0.910. The summed E-state index contributed by atoms with van der Waals surface area (Å²) in [5.74, 6) is -0.172. The molecule has 1 atom stereocenters. The quantitative estimate of drug-likeness (QED) is 0.618. The van der Waals surface area contributed by atoms with Crippen molar-refractivity contribution < 1.29 is 13.0 Å². The minimum Gasteiger partial charge on any atom is -0.310 e. The minimum absolute atomic E-state index is 0.172. The molecule has 4 nitrogen and oxygen atoms in total. The van der Waals surface area contributed by atoms with Crippen LogP contribution >= 0.6 is 0 Å². The van der Waals surface area contributed by atoms with Gasteiger partial charge in [0, 0.05) is 6.04 Å². The predicted molar refractivity (Wildman–Crippen MR) is 66.5 cm³/mol. The van der Waals surface area contributed by atoms with Crippen LogP contribution in [0.5, 0.6) is 0 Å². The molecule has 0 heterocycles. The third-order valence-corrected chi connectivity index (χ3v) is 3.91. The first kappa shape index (κ1) is 12.5. The average Bonchev–Trinajstić information content (AvgIpc) is 2.67. The Morgan fingerprint density at radius 3 is 2.88 bits per heavy atom. The number of hydrogen-bond acceptors (Lipinski definition) is 3. The molecule has 0 saturated carbocycles. The Balaban J connectivity index is 1.82. The van der Waals surface area contributed by atoms with E-state index in [-0.39, 0.29) is 5.75 Å². The van der Waals surface area contributed by atoms with E-state index in [4.69, 9.17) is 4.55 Å². The molecule has 94 valence electrons. The van der Waals surface area contributed by atoms with Crippen LogP contribution in [0.1, 0.15) is 30.0 Å². The molecule has 0 saturated heterocycles. The Morgan fingerprint density at radius 2 is 2.12 bits per heavy atom. The van der Waals surface area contributed by atoms with Crippen LogP contribution in [0.3, 0.4) is 0 Å². The van der Waals surface area contributed by atoms with Crippen LogP contribution in [0.2, 0.25) is 0 Å². The van der Waals surface area contributed by atoms with Gasteiger partial charge in [0.25, 0.3) is 10.1 Å². The van der Waals surface area contributed by atoms with Crippen molar-refractivity contribution in [1.29, 1.82) is 0 Å². The van der Waals surface area contributed by atoms with Gasteiger partial charge in [-0.25, -0.2) is 0 Å². The first-order chi connectivity index (χ1) is 8.06. The number of hydrogen-bond donors (Lipinski definition) is 2. The number of rotatable bonds is 5. The normalized spacial score (nSPS) is 19.2. The van der Waals surface area contributed by atoms with E-state index in [0.717, 1.165) is 12.8 Å². The maximum atomic E-state index is 10.6. The molecule has 5 heteroatoms. The monoisotopic (exact) mass is 255 g/mol. The van der Waals surface area contributed by atoms with Gasteiger partial charge in [0.2, 0.25) is 0 Å². The highest BCUT2D eigenvalue weighted by Crippen LogP contribution is 2.30. The highest BCUT2D eigenvalue weighted by molar-refractivity contribution is 7.85. The van der Waals surface area contributed by atoms with Gasteiger partial charge in [-0.1, -0.05) is 24.3 Å². The second-order valence-electron chi connectivity index (χ2n) is 4.38. The van der Waals surface area contributed by atoms with E-state index in [1.807, 2.05) is 12.1 Å². The number of aryl methyl sites for hydroxylation is 1. The van der Waals surface area contributed by atoms with Gasteiger partial charge >= 0.3 is 0 Å². The zero-order valence-corrected chi connectivity index (χ0v) is 10.4.